The van der Waals surface area contributed by atoms with Crippen molar-refractivity contribution in [1.29, 1.82) is 0 Å². The highest BCUT2D eigenvalue weighted by Gasteiger charge is 2.35. The maximum absolute atomic E-state index is 11.9. The van der Waals surface area contributed by atoms with Gasteiger partial charge in [0.15, 0.2) is 0 Å². The summed E-state index contributed by atoms with van der Waals surface area (Å²) in [7, 11) is -3.14. The Labute approximate surface area is 128 Å². The molecule has 7 heteroatoms. The molecule has 124 valence electrons. The molecule has 2 saturated heterocycles. The molecule has 2 aliphatic rings. The van der Waals surface area contributed by atoms with Gasteiger partial charge in [-0.3, -0.25) is 4.90 Å². The van der Waals surface area contributed by atoms with Crippen molar-refractivity contribution in [2.24, 2.45) is 5.41 Å². The molecule has 0 atom stereocenters. The molecule has 0 radical (unpaired) electrons. The van der Waals surface area contributed by atoms with E-state index in [4.69, 9.17) is 9.47 Å². The van der Waals surface area contributed by atoms with E-state index in [1.807, 2.05) is 6.92 Å². The Bertz CT molecular complexity index is 401. The van der Waals surface area contributed by atoms with Gasteiger partial charge in [-0.1, -0.05) is 6.92 Å². The molecule has 1 N–H and O–H groups in total. The van der Waals surface area contributed by atoms with E-state index < -0.39 is 10.0 Å². The first kappa shape index (κ1) is 17.1. The Morgan fingerprint density at radius 3 is 2.33 bits per heavy atom. The Morgan fingerprint density at radius 1 is 1.10 bits per heavy atom. The molecule has 0 aromatic carbocycles. The van der Waals surface area contributed by atoms with Crippen LogP contribution in [0, 0.1) is 5.41 Å². The second-order valence-electron chi connectivity index (χ2n) is 6.14. The third-order valence-corrected chi connectivity index (χ3v) is 5.89. The summed E-state index contributed by atoms with van der Waals surface area (Å²) >= 11 is 0. The smallest absolute Gasteiger partial charge is 0.211 e. The van der Waals surface area contributed by atoms with Crippen LogP contribution in [0.25, 0.3) is 0 Å². The van der Waals surface area contributed by atoms with Gasteiger partial charge in [-0.25, -0.2) is 13.1 Å². The number of morpholine rings is 1. The first-order valence-electron chi connectivity index (χ1n) is 7.90. The summed E-state index contributed by atoms with van der Waals surface area (Å²) in [5.74, 6) is 0.205. The molecule has 2 aliphatic heterocycles. The van der Waals surface area contributed by atoms with Gasteiger partial charge in [0.25, 0.3) is 0 Å². The van der Waals surface area contributed by atoms with Gasteiger partial charge in [0, 0.05) is 44.8 Å². The van der Waals surface area contributed by atoms with Crippen molar-refractivity contribution in [2.75, 3.05) is 58.4 Å². The summed E-state index contributed by atoms with van der Waals surface area (Å²) in [4.78, 5) is 2.39. The average Bonchev–Trinajstić information content (AvgIpc) is 2.48. The van der Waals surface area contributed by atoms with Crippen LogP contribution in [0.1, 0.15) is 26.2 Å². The van der Waals surface area contributed by atoms with E-state index in [1.165, 1.54) is 0 Å². The van der Waals surface area contributed by atoms with Crippen LogP contribution in [0.3, 0.4) is 0 Å². The zero-order valence-corrected chi connectivity index (χ0v) is 13.8. The van der Waals surface area contributed by atoms with Crippen LogP contribution in [-0.4, -0.2) is 71.7 Å². The Balaban J connectivity index is 1.95. The van der Waals surface area contributed by atoms with Gasteiger partial charge in [-0.05, 0) is 19.3 Å². The van der Waals surface area contributed by atoms with Crippen molar-refractivity contribution in [2.45, 2.75) is 26.2 Å². The number of sulfonamides is 1. The predicted octanol–water partition coefficient (Wildman–Crippen LogP) is 0.445. The van der Waals surface area contributed by atoms with E-state index >= 15 is 0 Å². The lowest BCUT2D eigenvalue weighted by atomic mass is 9.79. The molecule has 2 rings (SSSR count). The molecule has 0 aromatic rings. The number of rotatable bonds is 7. The van der Waals surface area contributed by atoms with Crippen LogP contribution in [0.15, 0.2) is 0 Å². The first-order chi connectivity index (χ1) is 10.1. The SMILES string of the molecule is CCCS(=O)(=O)NCC1(CN2CCOCC2)CCOCC1. The molecule has 0 bridgehead atoms. The third kappa shape index (κ3) is 5.49. The molecular formula is C14H28N2O4S. The van der Waals surface area contributed by atoms with Crippen LogP contribution in [0.4, 0.5) is 0 Å². The van der Waals surface area contributed by atoms with Crippen molar-refractivity contribution < 1.29 is 17.9 Å². The monoisotopic (exact) mass is 320 g/mol. The van der Waals surface area contributed by atoms with Crippen molar-refractivity contribution >= 4 is 10.0 Å². The minimum absolute atomic E-state index is 0.00357. The lowest BCUT2D eigenvalue weighted by molar-refractivity contribution is -0.0270. The lowest BCUT2D eigenvalue weighted by Crippen LogP contribution is -2.51. The molecule has 0 amide bonds. The molecule has 0 spiro atoms. The molecule has 21 heavy (non-hydrogen) atoms. The summed E-state index contributed by atoms with van der Waals surface area (Å²) in [6, 6.07) is 0. The second kappa shape index (κ2) is 7.87. The molecule has 0 aromatic heterocycles. The fraction of sp³-hybridized carbons (Fsp3) is 1.00. The lowest BCUT2D eigenvalue weighted by Gasteiger charge is -2.42. The molecular weight excluding hydrogens is 292 g/mol. The van der Waals surface area contributed by atoms with Crippen molar-refractivity contribution in [1.82, 2.24) is 9.62 Å². The van der Waals surface area contributed by atoms with Gasteiger partial charge >= 0.3 is 0 Å². The zero-order valence-electron chi connectivity index (χ0n) is 13.0. The molecule has 0 unspecified atom stereocenters. The molecule has 2 heterocycles. The van der Waals surface area contributed by atoms with Crippen LogP contribution >= 0.6 is 0 Å². The van der Waals surface area contributed by atoms with Crippen molar-refractivity contribution in [3.05, 3.63) is 0 Å². The topological polar surface area (TPSA) is 67.9 Å². The number of hydrogen-bond donors (Lipinski definition) is 1. The van der Waals surface area contributed by atoms with Crippen LogP contribution in [0.2, 0.25) is 0 Å². The van der Waals surface area contributed by atoms with Gasteiger partial charge in [-0.2, -0.15) is 0 Å². The third-order valence-electron chi connectivity index (χ3n) is 4.36. The second-order valence-corrected chi connectivity index (χ2v) is 8.07. The van der Waals surface area contributed by atoms with Crippen LogP contribution in [0.5, 0.6) is 0 Å². The fourth-order valence-electron chi connectivity index (χ4n) is 3.03. The minimum atomic E-state index is -3.14. The Hall–Kier alpha value is -0.210. The number of nitrogens with one attached hydrogen (secondary N) is 1. The zero-order chi connectivity index (χ0) is 15.2. The van der Waals surface area contributed by atoms with Crippen LogP contribution < -0.4 is 4.72 Å². The van der Waals surface area contributed by atoms with Gasteiger partial charge in [-0.15, -0.1) is 0 Å². The highest BCUT2D eigenvalue weighted by molar-refractivity contribution is 7.89. The average molecular weight is 320 g/mol. The standard InChI is InChI=1S/C14H28N2O4S/c1-2-11-21(17,18)15-12-14(3-7-19-8-4-14)13-16-5-9-20-10-6-16/h15H,2-13H2,1H3. The summed E-state index contributed by atoms with van der Waals surface area (Å²) in [5, 5.41) is 0. The predicted molar refractivity (Wildman–Crippen MR) is 81.8 cm³/mol. The number of hydrogen-bond acceptors (Lipinski definition) is 5. The first-order valence-corrected chi connectivity index (χ1v) is 9.56. The molecule has 2 fully saturated rings. The van der Waals surface area contributed by atoms with Gasteiger partial charge < -0.3 is 9.47 Å². The Kier molecular flexibility index (Phi) is 6.43. The van der Waals surface area contributed by atoms with Crippen LogP contribution in [-0.2, 0) is 19.5 Å². The van der Waals surface area contributed by atoms with E-state index in [1.54, 1.807) is 0 Å². The largest absolute Gasteiger partial charge is 0.381 e. The van der Waals surface area contributed by atoms with Gasteiger partial charge in [0.05, 0.1) is 19.0 Å². The Morgan fingerprint density at radius 2 is 1.71 bits per heavy atom. The fourth-order valence-corrected chi connectivity index (χ4v) is 4.24. The van der Waals surface area contributed by atoms with Crippen molar-refractivity contribution in [3.63, 3.8) is 0 Å². The maximum Gasteiger partial charge on any atom is 0.211 e. The highest BCUT2D eigenvalue weighted by atomic mass is 32.2. The minimum Gasteiger partial charge on any atom is -0.381 e. The van der Waals surface area contributed by atoms with Gasteiger partial charge in [0.1, 0.15) is 0 Å². The summed E-state index contributed by atoms with van der Waals surface area (Å²) in [6.07, 6.45) is 2.48. The highest BCUT2D eigenvalue weighted by Crippen LogP contribution is 2.31. The summed E-state index contributed by atoms with van der Waals surface area (Å²) in [5.41, 5.74) is -0.00357. The van der Waals surface area contributed by atoms with E-state index in [-0.39, 0.29) is 11.2 Å². The van der Waals surface area contributed by atoms with E-state index in [0.717, 1.165) is 58.9 Å². The molecule has 0 saturated carbocycles. The van der Waals surface area contributed by atoms with E-state index in [2.05, 4.69) is 9.62 Å². The number of nitrogens with zero attached hydrogens (tertiary/aromatic N) is 1. The number of ether oxygens (including phenoxy) is 2. The van der Waals surface area contributed by atoms with E-state index in [0.29, 0.717) is 13.0 Å². The van der Waals surface area contributed by atoms with Gasteiger partial charge in [0.2, 0.25) is 10.0 Å². The maximum atomic E-state index is 11.9. The molecule has 6 nitrogen and oxygen atoms in total. The molecule has 0 aliphatic carbocycles. The normalized spacial score (nSPS) is 24.0. The summed E-state index contributed by atoms with van der Waals surface area (Å²) < 4.78 is 37.5. The van der Waals surface area contributed by atoms with Crippen molar-refractivity contribution in [3.8, 4) is 0 Å². The van der Waals surface area contributed by atoms with E-state index in [9.17, 15) is 8.42 Å². The summed E-state index contributed by atoms with van der Waals surface area (Å²) in [6.45, 7) is 8.19. The quantitative estimate of drug-likeness (QED) is 0.737.